The van der Waals surface area contributed by atoms with E-state index in [-0.39, 0.29) is 17.8 Å². The van der Waals surface area contributed by atoms with E-state index in [1.54, 1.807) is 0 Å². The van der Waals surface area contributed by atoms with Crippen molar-refractivity contribution in [2.24, 2.45) is 5.92 Å². The molecule has 1 unspecified atom stereocenters. The third kappa shape index (κ3) is 2.87. The third-order valence-electron chi connectivity index (χ3n) is 2.88. The molecule has 0 aromatic heterocycles. The lowest BCUT2D eigenvalue weighted by Gasteiger charge is -2.32. The van der Waals surface area contributed by atoms with Gasteiger partial charge in [0.2, 0.25) is 0 Å². The van der Waals surface area contributed by atoms with Crippen molar-refractivity contribution in [1.82, 2.24) is 0 Å². The molecule has 0 amide bonds. The fourth-order valence-electron chi connectivity index (χ4n) is 1.98. The molecule has 2 rings (SSSR count). The molecule has 1 aliphatic heterocycles. The smallest absolute Gasteiger partial charge is 0.313 e. The van der Waals surface area contributed by atoms with Gasteiger partial charge in [-0.05, 0) is 24.6 Å². The summed E-state index contributed by atoms with van der Waals surface area (Å²) in [6.07, 6.45) is 0. The first-order valence-electron chi connectivity index (χ1n) is 5.72. The summed E-state index contributed by atoms with van der Waals surface area (Å²) in [5.74, 6) is -0.122. The maximum Gasteiger partial charge on any atom is 0.313 e. The lowest BCUT2D eigenvalue weighted by atomic mass is 9.85. The summed E-state index contributed by atoms with van der Waals surface area (Å²) in [7, 11) is 0. The summed E-state index contributed by atoms with van der Waals surface area (Å²) in [5.41, 5.74) is 0.992. The van der Waals surface area contributed by atoms with Crippen LogP contribution in [0.2, 0.25) is 0 Å². The van der Waals surface area contributed by atoms with E-state index >= 15 is 0 Å². The Morgan fingerprint density at radius 2 is 2.35 bits per heavy atom. The average Bonchev–Trinajstić information content (AvgIpc) is 2.23. The van der Waals surface area contributed by atoms with Crippen molar-refractivity contribution in [2.75, 3.05) is 19.8 Å². The molecular formula is C13H15BrO3. The Bertz CT molecular complexity index is 401. The summed E-state index contributed by atoms with van der Waals surface area (Å²) in [6.45, 7) is 3.51. The summed E-state index contributed by atoms with van der Waals surface area (Å²) in [5, 5.41) is 0. The van der Waals surface area contributed by atoms with Crippen LogP contribution < -0.4 is 0 Å². The monoisotopic (exact) mass is 298 g/mol. The molecule has 1 aliphatic rings. The van der Waals surface area contributed by atoms with Crippen LogP contribution in [0.3, 0.4) is 0 Å². The molecule has 1 aromatic carbocycles. The molecule has 0 spiro atoms. The molecule has 0 saturated carbocycles. The Morgan fingerprint density at radius 1 is 1.59 bits per heavy atom. The van der Waals surface area contributed by atoms with E-state index in [2.05, 4.69) is 15.9 Å². The highest BCUT2D eigenvalue weighted by Gasteiger charge is 2.35. The molecule has 17 heavy (non-hydrogen) atoms. The molecule has 0 N–H and O–H groups in total. The maximum atomic E-state index is 12.0. The lowest BCUT2D eigenvalue weighted by Crippen LogP contribution is -2.37. The van der Waals surface area contributed by atoms with Crippen molar-refractivity contribution in [1.29, 1.82) is 0 Å². The second-order valence-electron chi connectivity index (χ2n) is 4.08. The molecule has 0 bridgehead atoms. The standard InChI is InChI=1S/C13H15BrO3/c1-2-17-13(15)12(10-7-16-8-10)9-4-3-5-11(14)6-9/h3-6,10,12H,2,7-8H2,1H3. The van der Waals surface area contributed by atoms with Crippen molar-refractivity contribution >= 4 is 21.9 Å². The van der Waals surface area contributed by atoms with Crippen LogP contribution in [0.25, 0.3) is 0 Å². The minimum atomic E-state index is -0.207. The van der Waals surface area contributed by atoms with Crippen molar-refractivity contribution in [2.45, 2.75) is 12.8 Å². The molecule has 1 heterocycles. The molecule has 1 atom stereocenters. The van der Waals surface area contributed by atoms with Gasteiger partial charge in [0.05, 0.1) is 25.7 Å². The molecule has 1 saturated heterocycles. The van der Waals surface area contributed by atoms with E-state index in [0.29, 0.717) is 19.8 Å². The predicted octanol–water partition coefficient (Wildman–Crippen LogP) is 2.74. The predicted molar refractivity (Wildman–Crippen MR) is 67.8 cm³/mol. The number of hydrogen-bond acceptors (Lipinski definition) is 3. The van der Waals surface area contributed by atoms with Crippen LogP contribution in [-0.2, 0) is 14.3 Å². The van der Waals surface area contributed by atoms with Crippen molar-refractivity contribution in [3.63, 3.8) is 0 Å². The zero-order valence-corrected chi connectivity index (χ0v) is 11.3. The molecule has 3 nitrogen and oxygen atoms in total. The minimum Gasteiger partial charge on any atom is -0.466 e. The zero-order chi connectivity index (χ0) is 12.3. The number of rotatable bonds is 4. The van der Waals surface area contributed by atoms with Gasteiger partial charge < -0.3 is 9.47 Å². The Kier molecular flexibility index (Phi) is 4.18. The second-order valence-corrected chi connectivity index (χ2v) is 5.00. The van der Waals surface area contributed by atoms with Gasteiger partial charge in [0.25, 0.3) is 0 Å². The normalized spacial score (nSPS) is 17.3. The van der Waals surface area contributed by atoms with Crippen LogP contribution >= 0.6 is 15.9 Å². The Labute approximate surface area is 109 Å². The first kappa shape index (κ1) is 12.6. The van der Waals surface area contributed by atoms with Gasteiger partial charge in [-0.3, -0.25) is 4.79 Å². The minimum absolute atomic E-state index is 0.154. The Balaban J connectivity index is 2.23. The summed E-state index contributed by atoms with van der Waals surface area (Å²) >= 11 is 3.42. The van der Waals surface area contributed by atoms with E-state index in [9.17, 15) is 4.79 Å². The van der Waals surface area contributed by atoms with Crippen LogP contribution in [0.15, 0.2) is 28.7 Å². The number of carbonyl (C=O) groups excluding carboxylic acids is 1. The van der Waals surface area contributed by atoms with Gasteiger partial charge in [0, 0.05) is 10.4 Å². The van der Waals surface area contributed by atoms with Gasteiger partial charge in [-0.1, -0.05) is 28.1 Å². The van der Waals surface area contributed by atoms with E-state index in [1.807, 2.05) is 31.2 Å². The van der Waals surface area contributed by atoms with E-state index in [4.69, 9.17) is 9.47 Å². The van der Waals surface area contributed by atoms with Crippen LogP contribution in [0, 0.1) is 5.92 Å². The fourth-order valence-corrected chi connectivity index (χ4v) is 2.40. The molecule has 92 valence electrons. The van der Waals surface area contributed by atoms with Crippen molar-refractivity contribution < 1.29 is 14.3 Å². The fraction of sp³-hybridized carbons (Fsp3) is 0.462. The first-order valence-corrected chi connectivity index (χ1v) is 6.51. The molecule has 0 aliphatic carbocycles. The quantitative estimate of drug-likeness (QED) is 0.802. The SMILES string of the molecule is CCOC(=O)C(c1cccc(Br)c1)C1COC1. The Hall–Kier alpha value is -0.870. The highest BCUT2D eigenvalue weighted by atomic mass is 79.9. The van der Waals surface area contributed by atoms with Gasteiger partial charge in [-0.25, -0.2) is 0 Å². The van der Waals surface area contributed by atoms with Crippen LogP contribution in [-0.4, -0.2) is 25.8 Å². The molecule has 4 heteroatoms. The second kappa shape index (κ2) is 5.65. The Morgan fingerprint density at radius 3 is 2.88 bits per heavy atom. The maximum absolute atomic E-state index is 12.0. The number of halogens is 1. The van der Waals surface area contributed by atoms with E-state index < -0.39 is 0 Å². The van der Waals surface area contributed by atoms with Crippen molar-refractivity contribution in [3.8, 4) is 0 Å². The highest BCUT2D eigenvalue weighted by molar-refractivity contribution is 9.10. The lowest BCUT2D eigenvalue weighted by molar-refractivity contribution is -0.152. The number of ether oxygens (including phenoxy) is 2. The van der Waals surface area contributed by atoms with E-state index in [1.165, 1.54) is 0 Å². The van der Waals surface area contributed by atoms with E-state index in [0.717, 1.165) is 10.0 Å². The van der Waals surface area contributed by atoms with Crippen LogP contribution in [0.4, 0.5) is 0 Å². The number of esters is 1. The number of benzene rings is 1. The molecule has 0 radical (unpaired) electrons. The van der Waals surface area contributed by atoms with Gasteiger partial charge in [-0.15, -0.1) is 0 Å². The van der Waals surface area contributed by atoms with Gasteiger partial charge in [0.15, 0.2) is 0 Å². The van der Waals surface area contributed by atoms with Gasteiger partial charge in [-0.2, -0.15) is 0 Å². The average molecular weight is 299 g/mol. The topological polar surface area (TPSA) is 35.5 Å². The van der Waals surface area contributed by atoms with Crippen LogP contribution in [0.5, 0.6) is 0 Å². The number of carbonyl (C=O) groups is 1. The first-order chi connectivity index (χ1) is 8.22. The zero-order valence-electron chi connectivity index (χ0n) is 9.69. The largest absolute Gasteiger partial charge is 0.466 e. The summed E-state index contributed by atoms with van der Waals surface area (Å²) < 4.78 is 11.3. The number of hydrogen-bond donors (Lipinski definition) is 0. The molecule has 1 fully saturated rings. The van der Waals surface area contributed by atoms with Gasteiger partial charge in [0.1, 0.15) is 0 Å². The molecule has 1 aromatic rings. The third-order valence-corrected chi connectivity index (χ3v) is 3.38. The van der Waals surface area contributed by atoms with Crippen molar-refractivity contribution in [3.05, 3.63) is 34.3 Å². The summed E-state index contributed by atoms with van der Waals surface area (Å²) in [6, 6.07) is 7.82. The van der Waals surface area contributed by atoms with Crippen LogP contribution in [0.1, 0.15) is 18.4 Å². The molecular weight excluding hydrogens is 284 g/mol. The van der Waals surface area contributed by atoms with Gasteiger partial charge >= 0.3 is 5.97 Å². The highest BCUT2D eigenvalue weighted by Crippen LogP contribution is 2.32. The summed E-state index contributed by atoms with van der Waals surface area (Å²) in [4.78, 5) is 12.0.